The van der Waals surface area contributed by atoms with Crippen LogP contribution in [0.5, 0.6) is 0 Å². The minimum atomic E-state index is 0.0695. The summed E-state index contributed by atoms with van der Waals surface area (Å²) in [6.45, 7) is 3.22. The second kappa shape index (κ2) is 7.12. The van der Waals surface area contributed by atoms with Gasteiger partial charge in [-0.1, -0.05) is 0 Å². The van der Waals surface area contributed by atoms with Gasteiger partial charge in [-0.2, -0.15) is 11.8 Å². The average molecular weight is 231 g/mol. The normalized spacial score (nSPS) is 17.7. The fraction of sp³-hybridized carbons (Fsp3) is 0.909. The lowest BCUT2D eigenvalue weighted by atomic mass is 9.98. The zero-order valence-corrected chi connectivity index (χ0v) is 10.3. The van der Waals surface area contributed by atoms with E-state index in [2.05, 4.69) is 0 Å². The molecule has 0 aromatic carbocycles. The summed E-state index contributed by atoms with van der Waals surface area (Å²) >= 11 is 1.99. The zero-order chi connectivity index (χ0) is 11.1. The van der Waals surface area contributed by atoms with Gasteiger partial charge < -0.3 is 10.0 Å². The third-order valence-electron chi connectivity index (χ3n) is 2.91. The van der Waals surface area contributed by atoms with Crippen molar-refractivity contribution in [2.24, 2.45) is 5.92 Å². The number of rotatable bonds is 5. The van der Waals surface area contributed by atoms with Crippen LogP contribution in [0.2, 0.25) is 0 Å². The number of aliphatic hydroxyl groups is 1. The molecule has 1 aliphatic rings. The minimum Gasteiger partial charge on any atom is -0.395 e. The maximum Gasteiger partial charge on any atom is 0.222 e. The van der Waals surface area contributed by atoms with Crippen LogP contribution in [0.15, 0.2) is 0 Å². The molecule has 1 N–H and O–H groups in total. The van der Waals surface area contributed by atoms with Gasteiger partial charge in [0.25, 0.3) is 0 Å². The molecule has 0 aromatic heterocycles. The molecule has 0 aliphatic carbocycles. The number of hydrogen-bond donors (Lipinski definition) is 1. The maximum atomic E-state index is 11.8. The maximum absolute atomic E-state index is 11.8. The van der Waals surface area contributed by atoms with E-state index in [9.17, 15) is 4.79 Å². The van der Waals surface area contributed by atoms with Crippen molar-refractivity contribution in [2.45, 2.75) is 26.2 Å². The highest BCUT2D eigenvalue weighted by atomic mass is 32.2. The summed E-state index contributed by atoms with van der Waals surface area (Å²) in [4.78, 5) is 13.6. The van der Waals surface area contributed by atoms with Gasteiger partial charge in [-0.25, -0.2) is 0 Å². The molecule has 1 fully saturated rings. The van der Waals surface area contributed by atoms with Gasteiger partial charge >= 0.3 is 0 Å². The topological polar surface area (TPSA) is 40.5 Å². The molecule has 15 heavy (non-hydrogen) atoms. The molecule has 88 valence electrons. The van der Waals surface area contributed by atoms with Crippen molar-refractivity contribution in [1.82, 2.24) is 4.90 Å². The summed E-state index contributed by atoms with van der Waals surface area (Å²) < 4.78 is 0. The van der Waals surface area contributed by atoms with Crippen LogP contribution >= 0.6 is 11.8 Å². The summed E-state index contributed by atoms with van der Waals surface area (Å²) in [6.07, 6.45) is 3.02. The molecule has 1 aliphatic heterocycles. The molecule has 1 rings (SSSR count). The Hall–Kier alpha value is -0.220. The van der Waals surface area contributed by atoms with Gasteiger partial charge in [0.15, 0.2) is 0 Å². The Morgan fingerprint density at radius 1 is 1.47 bits per heavy atom. The summed E-state index contributed by atoms with van der Waals surface area (Å²) in [6, 6.07) is 0. The van der Waals surface area contributed by atoms with E-state index >= 15 is 0 Å². The van der Waals surface area contributed by atoms with Gasteiger partial charge in [0.1, 0.15) is 0 Å². The molecular weight excluding hydrogens is 210 g/mol. The van der Waals surface area contributed by atoms with Crippen molar-refractivity contribution in [3.05, 3.63) is 0 Å². The molecule has 1 saturated heterocycles. The van der Waals surface area contributed by atoms with E-state index in [1.807, 2.05) is 18.7 Å². The molecular formula is C11H21NO2S. The molecule has 0 unspecified atom stereocenters. The Morgan fingerprint density at radius 3 is 2.67 bits per heavy atom. The Labute approximate surface area is 96.2 Å². The third kappa shape index (κ3) is 4.43. The van der Waals surface area contributed by atoms with E-state index in [1.54, 1.807) is 4.90 Å². The van der Waals surface area contributed by atoms with Crippen molar-refractivity contribution in [2.75, 3.05) is 31.2 Å². The summed E-state index contributed by atoms with van der Waals surface area (Å²) in [7, 11) is 0. The van der Waals surface area contributed by atoms with Gasteiger partial charge in [0, 0.05) is 19.5 Å². The highest BCUT2D eigenvalue weighted by Crippen LogP contribution is 2.25. The van der Waals surface area contributed by atoms with Gasteiger partial charge in [0.2, 0.25) is 5.91 Å². The van der Waals surface area contributed by atoms with E-state index in [4.69, 9.17) is 5.11 Å². The first-order valence-corrected chi connectivity index (χ1v) is 6.89. The lowest BCUT2D eigenvalue weighted by molar-refractivity contribution is -0.132. The highest BCUT2D eigenvalue weighted by Gasteiger charge is 2.20. The lowest BCUT2D eigenvalue weighted by Crippen LogP contribution is -2.34. The van der Waals surface area contributed by atoms with Crippen LogP contribution in [0, 0.1) is 5.92 Å². The average Bonchev–Trinajstić information content (AvgIpc) is 2.27. The van der Waals surface area contributed by atoms with Crippen LogP contribution in [0.1, 0.15) is 26.2 Å². The Balaban J connectivity index is 2.31. The molecule has 3 nitrogen and oxygen atoms in total. The van der Waals surface area contributed by atoms with Crippen molar-refractivity contribution < 1.29 is 9.90 Å². The first-order valence-electron chi connectivity index (χ1n) is 5.74. The van der Waals surface area contributed by atoms with Crippen molar-refractivity contribution in [3.8, 4) is 0 Å². The molecule has 0 radical (unpaired) electrons. The number of aliphatic hydroxyl groups excluding tert-OH is 1. The first-order chi connectivity index (χ1) is 7.27. The zero-order valence-electron chi connectivity index (χ0n) is 9.45. The monoisotopic (exact) mass is 231 g/mol. The third-order valence-corrected chi connectivity index (χ3v) is 3.96. The van der Waals surface area contributed by atoms with E-state index < -0.39 is 0 Å². The number of carbonyl (C=O) groups is 1. The SMILES string of the molecule is CCN(CCO)C(=O)CC1CCSCC1. The predicted molar refractivity (Wildman–Crippen MR) is 64.0 cm³/mol. The molecule has 0 atom stereocenters. The number of amides is 1. The summed E-state index contributed by atoms with van der Waals surface area (Å²) in [5.41, 5.74) is 0. The second-order valence-corrected chi connectivity index (χ2v) is 5.18. The fourth-order valence-electron chi connectivity index (χ4n) is 1.91. The number of thioether (sulfide) groups is 1. The Morgan fingerprint density at radius 2 is 2.13 bits per heavy atom. The summed E-state index contributed by atoms with van der Waals surface area (Å²) in [5.74, 6) is 3.18. The predicted octanol–water partition coefficient (Wildman–Crippen LogP) is 1.36. The van der Waals surface area contributed by atoms with E-state index in [1.165, 1.54) is 24.3 Å². The van der Waals surface area contributed by atoms with Crippen LogP contribution in [-0.2, 0) is 4.79 Å². The molecule has 0 spiro atoms. The molecule has 1 amide bonds. The number of likely N-dealkylation sites (N-methyl/N-ethyl adjacent to an activating group) is 1. The number of nitrogens with zero attached hydrogens (tertiary/aromatic N) is 1. The molecule has 1 heterocycles. The Bertz CT molecular complexity index is 193. The first kappa shape index (κ1) is 12.8. The van der Waals surface area contributed by atoms with Crippen LogP contribution in [0.25, 0.3) is 0 Å². The quantitative estimate of drug-likeness (QED) is 0.776. The van der Waals surface area contributed by atoms with Crippen molar-refractivity contribution >= 4 is 17.7 Å². The largest absolute Gasteiger partial charge is 0.395 e. The van der Waals surface area contributed by atoms with Crippen molar-refractivity contribution in [1.29, 1.82) is 0 Å². The molecule has 0 aromatic rings. The van der Waals surface area contributed by atoms with Gasteiger partial charge in [0.05, 0.1) is 6.61 Å². The molecule has 0 saturated carbocycles. The van der Waals surface area contributed by atoms with Gasteiger partial charge in [-0.05, 0) is 37.2 Å². The smallest absolute Gasteiger partial charge is 0.222 e. The van der Waals surface area contributed by atoms with E-state index in [-0.39, 0.29) is 12.5 Å². The van der Waals surface area contributed by atoms with Gasteiger partial charge in [-0.3, -0.25) is 4.79 Å². The molecule has 0 bridgehead atoms. The van der Waals surface area contributed by atoms with Crippen LogP contribution in [0.4, 0.5) is 0 Å². The Kier molecular flexibility index (Phi) is 6.10. The van der Waals surface area contributed by atoms with Crippen molar-refractivity contribution in [3.63, 3.8) is 0 Å². The van der Waals surface area contributed by atoms with E-state index in [0.29, 0.717) is 25.4 Å². The minimum absolute atomic E-state index is 0.0695. The van der Waals surface area contributed by atoms with E-state index in [0.717, 1.165) is 0 Å². The molecule has 4 heteroatoms. The number of carbonyl (C=O) groups excluding carboxylic acids is 1. The van der Waals surface area contributed by atoms with Crippen LogP contribution in [-0.4, -0.2) is 47.1 Å². The fourth-order valence-corrected chi connectivity index (χ4v) is 3.11. The highest BCUT2D eigenvalue weighted by molar-refractivity contribution is 7.99. The van der Waals surface area contributed by atoms with Crippen LogP contribution < -0.4 is 0 Å². The lowest BCUT2D eigenvalue weighted by Gasteiger charge is -2.25. The second-order valence-electron chi connectivity index (χ2n) is 3.96. The summed E-state index contributed by atoms with van der Waals surface area (Å²) in [5, 5.41) is 8.83. The van der Waals surface area contributed by atoms with Crippen LogP contribution in [0.3, 0.4) is 0 Å². The standard InChI is InChI=1S/C11H21NO2S/c1-2-12(5-6-13)11(14)9-10-3-7-15-8-4-10/h10,13H,2-9H2,1H3. The van der Waals surface area contributed by atoms with Gasteiger partial charge in [-0.15, -0.1) is 0 Å². The number of hydrogen-bond acceptors (Lipinski definition) is 3.